The van der Waals surface area contributed by atoms with Crippen LogP contribution >= 0.6 is 0 Å². The Labute approximate surface area is 117 Å². The third kappa shape index (κ3) is 2.67. The molecule has 7 heteroatoms. The van der Waals surface area contributed by atoms with E-state index in [1.165, 1.54) is 0 Å². The predicted molar refractivity (Wildman–Crippen MR) is 69.8 cm³/mol. The van der Waals surface area contributed by atoms with E-state index in [1.807, 2.05) is 0 Å². The van der Waals surface area contributed by atoms with Crippen molar-refractivity contribution in [1.29, 1.82) is 0 Å². The van der Waals surface area contributed by atoms with Crippen LogP contribution in [-0.2, 0) is 20.7 Å². The third-order valence-electron chi connectivity index (χ3n) is 3.66. The van der Waals surface area contributed by atoms with Gasteiger partial charge in [0, 0.05) is 12.1 Å². The van der Waals surface area contributed by atoms with E-state index in [2.05, 4.69) is 5.16 Å². The molecule has 20 heavy (non-hydrogen) atoms. The van der Waals surface area contributed by atoms with Crippen LogP contribution < -0.4 is 5.73 Å². The molecule has 0 aliphatic carbocycles. The van der Waals surface area contributed by atoms with Crippen molar-refractivity contribution < 1.29 is 18.8 Å². The van der Waals surface area contributed by atoms with Gasteiger partial charge in [-0.1, -0.05) is 5.16 Å². The number of amides is 2. The minimum absolute atomic E-state index is 0.0878. The molecule has 2 rings (SSSR count). The first-order valence-electron chi connectivity index (χ1n) is 6.47. The summed E-state index contributed by atoms with van der Waals surface area (Å²) in [4.78, 5) is 25.3. The highest BCUT2D eigenvalue weighted by molar-refractivity contribution is 5.85. The van der Waals surface area contributed by atoms with Crippen molar-refractivity contribution in [3.8, 4) is 0 Å². The van der Waals surface area contributed by atoms with Gasteiger partial charge in [-0.15, -0.1) is 0 Å². The van der Waals surface area contributed by atoms with E-state index in [9.17, 15) is 9.59 Å². The third-order valence-corrected chi connectivity index (χ3v) is 3.66. The summed E-state index contributed by atoms with van der Waals surface area (Å²) < 4.78 is 10.4. The molecular formula is C13H19N3O4. The Kier molecular flexibility index (Phi) is 3.80. The van der Waals surface area contributed by atoms with Crippen molar-refractivity contribution >= 4 is 11.8 Å². The minimum atomic E-state index is -1.12. The number of carbonyl (C=O) groups is 2. The van der Waals surface area contributed by atoms with Gasteiger partial charge in [-0.2, -0.15) is 0 Å². The second-order valence-electron chi connectivity index (χ2n) is 5.24. The number of rotatable bonds is 3. The van der Waals surface area contributed by atoms with E-state index >= 15 is 0 Å². The number of nitrogens with zero attached hydrogens (tertiary/aromatic N) is 2. The van der Waals surface area contributed by atoms with Crippen molar-refractivity contribution in [3.63, 3.8) is 0 Å². The van der Waals surface area contributed by atoms with Crippen molar-refractivity contribution in [2.75, 3.05) is 19.7 Å². The fourth-order valence-corrected chi connectivity index (χ4v) is 2.25. The van der Waals surface area contributed by atoms with Gasteiger partial charge >= 0.3 is 0 Å². The molecule has 2 amide bonds. The van der Waals surface area contributed by atoms with Crippen LogP contribution in [0.25, 0.3) is 0 Å². The molecule has 0 aromatic carbocycles. The summed E-state index contributed by atoms with van der Waals surface area (Å²) in [5, 5.41) is 3.83. The Morgan fingerprint density at radius 3 is 2.70 bits per heavy atom. The van der Waals surface area contributed by atoms with E-state index in [4.69, 9.17) is 15.0 Å². The Hall–Kier alpha value is -1.89. The first-order valence-corrected chi connectivity index (χ1v) is 6.47. The van der Waals surface area contributed by atoms with Gasteiger partial charge in [-0.05, 0) is 20.8 Å². The summed E-state index contributed by atoms with van der Waals surface area (Å²) in [5.74, 6) is -0.00992. The smallest absolute Gasteiger partial charge is 0.251 e. The number of hydrogen-bond acceptors (Lipinski definition) is 5. The van der Waals surface area contributed by atoms with Gasteiger partial charge in [-0.3, -0.25) is 9.59 Å². The maximum atomic E-state index is 12.3. The summed E-state index contributed by atoms with van der Waals surface area (Å²) in [6.07, 6.45) is 0.204. The molecule has 2 heterocycles. The summed E-state index contributed by atoms with van der Waals surface area (Å²) in [7, 11) is 0. The zero-order chi connectivity index (χ0) is 14.9. The van der Waals surface area contributed by atoms with Gasteiger partial charge in [0.15, 0.2) is 5.60 Å². The zero-order valence-corrected chi connectivity index (χ0v) is 11.9. The number of primary amides is 1. The Morgan fingerprint density at radius 1 is 1.45 bits per heavy atom. The molecular weight excluding hydrogens is 262 g/mol. The Balaban J connectivity index is 2.08. The number of carbonyl (C=O) groups excluding carboxylic acids is 2. The van der Waals surface area contributed by atoms with Crippen LogP contribution in [0.15, 0.2) is 4.52 Å². The second-order valence-corrected chi connectivity index (χ2v) is 5.24. The molecule has 7 nitrogen and oxygen atoms in total. The average Bonchev–Trinajstić information content (AvgIpc) is 2.70. The molecule has 0 bridgehead atoms. The number of hydrogen-bond donors (Lipinski definition) is 1. The van der Waals surface area contributed by atoms with Crippen molar-refractivity contribution in [3.05, 3.63) is 17.0 Å². The first-order chi connectivity index (χ1) is 9.33. The van der Waals surface area contributed by atoms with E-state index in [-0.39, 0.29) is 18.9 Å². The fraction of sp³-hybridized carbons (Fsp3) is 0.615. The van der Waals surface area contributed by atoms with Gasteiger partial charge in [0.1, 0.15) is 5.76 Å². The van der Waals surface area contributed by atoms with E-state index in [0.29, 0.717) is 24.6 Å². The summed E-state index contributed by atoms with van der Waals surface area (Å²) in [6, 6.07) is 0. The lowest BCUT2D eigenvalue weighted by atomic mass is 10.0. The van der Waals surface area contributed by atoms with Gasteiger partial charge in [0.25, 0.3) is 5.91 Å². The molecule has 1 aliphatic rings. The van der Waals surface area contributed by atoms with Crippen LogP contribution in [0.5, 0.6) is 0 Å². The quantitative estimate of drug-likeness (QED) is 0.836. The van der Waals surface area contributed by atoms with E-state index < -0.39 is 11.5 Å². The SMILES string of the molecule is Cc1noc(C)c1CC(=O)N1CCO[C@](C)(C(N)=O)C1. The maximum absolute atomic E-state index is 12.3. The predicted octanol–water partition coefficient (Wildman–Crippen LogP) is -0.0633. The molecule has 1 fully saturated rings. The van der Waals surface area contributed by atoms with Crippen LogP contribution in [0.3, 0.4) is 0 Å². The number of ether oxygens (including phenoxy) is 1. The largest absolute Gasteiger partial charge is 0.367 e. The number of aryl methyl sites for hydroxylation is 2. The molecule has 1 aromatic rings. The number of aromatic nitrogens is 1. The topological polar surface area (TPSA) is 98.7 Å². The molecule has 1 atom stereocenters. The van der Waals surface area contributed by atoms with Crippen LogP contribution in [0.1, 0.15) is 23.9 Å². The number of nitrogens with two attached hydrogens (primary N) is 1. The summed E-state index contributed by atoms with van der Waals surface area (Å²) in [6.45, 7) is 6.09. The van der Waals surface area contributed by atoms with Crippen LogP contribution in [0.2, 0.25) is 0 Å². The van der Waals surface area contributed by atoms with Crippen LogP contribution in [0, 0.1) is 13.8 Å². The van der Waals surface area contributed by atoms with Gasteiger partial charge in [0.2, 0.25) is 5.91 Å². The highest BCUT2D eigenvalue weighted by Gasteiger charge is 2.39. The fourth-order valence-electron chi connectivity index (χ4n) is 2.25. The molecule has 110 valence electrons. The number of morpholine rings is 1. The van der Waals surface area contributed by atoms with Gasteiger partial charge in [0.05, 0.1) is 25.3 Å². The van der Waals surface area contributed by atoms with E-state index in [1.54, 1.807) is 25.7 Å². The summed E-state index contributed by atoms with van der Waals surface area (Å²) >= 11 is 0. The van der Waals surface area contributed by atoms with Crippen molar-refractivity contribution in [2.45, 2.75) is 32.8 Å². The van der Waals surface area contributed by atoms with Crippen LogP contribution in [-0.4, -0.2) is 47.2 Å². The normalized spacial score (nSPS) is 22.9. The first kappa shape index (κ1) is 14.5. The Bertz CT molecular complexity index is 520. The van der Waals surface area contributed by atoms with E-state index in [0.717, 1.165) is 5.56 Å². The summed E-state index contributed by atoms with van der Waals surface area (Å²) in [5.41, 5.74) is 5.71. The molecule has 1 aliphatic heterocycles. The highest BCUT2D eigenvalue weighted by atomic mass is 16.5. The molecule has 0 radical (unpaired) electrons. The lowest BCUT2D eigenvalue weighted by Gasteiger charge is -2.38. The van der Waals surface area contributed by atoms with Crippen molar-refractivity contribution in [2.24, 2.45) is 5.73 Å². The molecule has 1 aromatic heterocycles. The zero-order valence-electron chi connectivity index (χ0n) is 11.9. The lowest BCUT2D eigenvalue weighted by molar-refractivity contribution is -0.160. The molecule has 0 spiro atoms. The minimum Gasteiger partial charge on any atom is -0.367 e. The standard InChI is InChI=1S/C13H19N3O4/c1-8-10(9(2)20-15-8)6-11(17)16-4-5-19-13(3,7-16)12(14)18/h4-7H2,1-3H3,(H2,14,18)/t13-/m0/s1. The highest BCUT2D eigenvalue weighted by Crippen LogP contribution is 2.19. The average molecular weight is 281 g/mol. The van der Waals surface area contributed by atoms with Crippen molar-refractivity contribution in [1.82, 2.24) is 10.1 Å². The molecule has 0 saturated carbocycles. The lowest BCUT2D eigenvalue weighted by Crippen LogP contribution is -2.58. The molecule has 0 unspecified atom stereocenters. The van der Waals surface area contributed by atoms with Gasteiger partial charge < -0.3 is 19.9 Å². The van der Waals surface area contributed by atoms with Crippen LogP contribution in [0.4, 0.5) is 0 Å². The molecule has 1 saturated heterocycles. The Morgan fingerprint density at radius 2 is 2.15 bits per heavy atom. The monoisotopic (exact) mass is 281 g/mol. The second kappa shape index (κ2) is 5.24. The maximum Gasteiger partial charge on any atom is 0.251 e. The van der Waals surface area contributed by atoms with Gasteiger partial charge in [-0.25, -0.2) is 0 Å². The molecule has 2 N–H and O–H groups in total.